The highest BCUT2D eigenvalue weighted by atomic mass is 35.5. The average Bonchev–Trinajstić information content (AvgIpc) is 2.57. The van der Waals surface area contributed by atoms with Crippen molar-refractivity contribution in [1.29, 1.82) is 0 Å². The van der Waals surface area contributed by atoms with Crippen LogP contribution < -0.4 is 9.64 Å². The molecule has 23 heavy (non-hydrogen) atoms. The molecule has 5 nitrogen and oxygen atoms in total. The fraction of sp³-hybridized carbons (Fsp3) is 0.353. The van der Waals surface area contributed by atoms with Crippen molar-refractivity contribution in [3.8, 4) is 16.9 Å². The van der Waals surface area contributed by atoms with Gasteiger partial charge in [0.2, 0.25) is 5.95 Å². The maximum absolute atomic E-state index is 11.2. The first-order valence-electron chi connectivity index (χ1n) is 7.69. The number of esters is 1. The van der Waals surface area contributed by atoms with Crippen LogP contribution in [0.15, 0.2) is 30.6 Å². The van der Waals surface area contributed by atoms with E-state index in [0.29, 0.717) is 16.3 Å². The van der Waals surface area contributed by atoms with Crippen LogP contribution in [0, 0.1) is 0 Å². The van der Waals surface area contributed by atoms with Crippen molar-refractivity contribution in [2.75, 3.05) is 18.0 Å². The molecular weight excluding hydrogens is 314 g/mol. The zero-order valence-electron chi connectivity index (χ0n) is 13.0. The van der Waals surface area contributed by atoms with Gasteiger partial charge in [0.25, 0.3) is 0 Å². The van der Waals surface area contributed by atoms with E-state index in [-0.39, 0.29) is 5.97 Å². The molecule has 3 rings (SSSR count). The lowest BCUT2D eigenvalue weighted by Gasteiger charge is -2.26. The summed E-state index contributed by atoms with van der Waals surface area (Å²) in [6.07, 6.45) is 7.11. The Morgan fingerprint density at radius 2 is 1.87 bits per heavy atom. The number of aromatic nitrogens is 2. The molecule has 1 aliphatic heterocycles. The van der Waals surface area contributed by atoms with E-state index in [4.69, 9.17) is 16.3 Å². The molecule has 0 radical (unpaired) electrons. The van der Waals surface area contributed by atoms with Gasteiger partial charge in [-0.2, -0.15) is 0 Å². The number of anilines is 1. The van der Waals surface area contributed by atoms with Crippen LogP contribution in [0.1, 0.15) is 26.2 Å². The summed E-state index contributed by atoms with van der Waals surface area (Å²) in [5.41, 5.74) is 1.47. The molecule has 0 amide bonds. The molecule has 1 aromatic carbocycles. The quantitative estimate of drug-likeness (QED) is 0.634. The Kier molecular flexibility index (Phi) is 4.76. The van der Waals surface area contributed by atoms with Gasteiger partial charge in [-0.15, -0.1) is 0 Å². The summed E-state index contributed by atoms with van der Waals surface area (Å²) in [4.78, 5) is 22.4. The van der Waals surface area contributed by atoms with Crippen LogP contribution in [0.4, 0.5) is 5.95 Å². The summed E-state index contributed by atoms with van der Waals surface area (Å²) >= 11 is 6.07. The van der Waals surface area contributed by atoms with Crippen LogP contribution in [-0.4, -0.2) is 29.0 Å². The Labute approximate surface area is 140 Å². The highest BCUT2D eigenvalue weighted by molar-refractivity contribution is 6.31. The molecule has 0 atom stereocenters. The highest BCUT2D eigenvalue weighted by Gasteiger charge is 2.15. The summed E-state index contributed by atoms with van der Waals surface area (Å²) in [5, 5.41) is 0.566. The first-order chi connectivity index (χ1) is 11.1. The monoisotopic (exact) mass is 331 g/mol. The maximum Gasteiger partial charge on any atom is 0.308 e. The van der Waals surface area contributed by atoms with Gasteiger partial charge in [0, 0.05) is 48.6 Å². The van der Waals surface area contributed by atoms with Crippen LogP contribution in [-0.2, 0) is 4.79 Å². The minimum absolute atomic E-state index is 0.376. The molecule has 0 unspecified atom stereocenters. The van der Waals surface area contributed by atoms with Crippen LogP contribution in [0.2, 0.25) is 5.02 Å². The Morgan fingerprint density at radius 3 is 2.52 bits per heavy atom. The number of carbonyl (C=O) groups is 1. The second kappa shape index (κ2) is 6.96. The number of ether oxygens (including phenoxy) is 1. The van der Waals surface area contributed by atoms with Gasteiger partial charge in [-0.1, -0.05) is 11.6 Å². The number of rotatable bonds is 3. The molecule has 2 heterocycles. The van der Waals surface area contributed by atoms with Crippen molar-refractivity contribution >= 4 is 23.5 Å². The van der Waals surface area contributed by atoms with E-state index in [1.54, 1.807) is 30.6 Å². The standard InChI is InChI=1S/C17H18ClN3O2/c1-12(22)23-16-6-5-14(18)9-15(16)13-10-19-17(20-11-13)21-7-3-2-4-8-21/h5-6,9-11H,2-4,7-8H2,1H3. The summed E-state index contributed by atoms with van der Waals surface area (Å²) in [5.74, 6) is 0.820. The molecule has 1 fully saturated rings. The van der Waals surface area contributed by atoms with Gasteiger partial charge in [-0.05, 0) is 37.5 Å². The van der Waals surface area contributed by atoms with Crippen LogP contribution >= 0.6 is 11.6 Å². The molecule has 0 N–H and O–H groups in total. The van der Waals surface area contributed by atoms with Gasteiger partial charge in [-0.3, -0.25) is 4.79 Å². The van der Waals surface area contributed by atoms with E-state index in [9.17, 15) is 4.79 Å². The first kappa shape index (κ1) is 15.7. The molecule has 2 aromatic rings. The van der Waals surface area contributed by atoms with Gasteiger partial charge >= 0.3 is 5.97 Å². The molecule has 0 spiro atoms. The van der Waals surface area contributed by atoms with E-state index in [1.807, 2.05) is 0 Å². The number of carbonyl (C=O) groups excluding carboxylic acids is 1. The van der Waals surface area contributed by atoms with Gasteiger partial charge in [0.1, 0.15) is 5.75 Å². The first-order valence-corrected chi connectivity index (χ1v) is 8.06. The molecule has 1 aliphatic rings. The summed E-state index contributed by atoms with van der Waals surface area (Å²) in [7, 11) is 0. The van der Waals surface area contributed by atoms with Crippen molar-refractivity contribution in [3.05, 3.63) is 35.6 Å². The Hall–Kier alpha value is -2.14. The molecular formula is C17H18ClN3O2. The minimum atomic E-state index is -0.376. The second-order valence-electron chi connectivity index (χ2n) is 5.55. The zero-order valence-corrected chi connectivity index (χ0v) is 13.7. The number of nitrogens with zero attached hydrogens (tertiary/aromatic N) is 3. The molecule has 0 saturated carbocycles. The van der Waals surface area contributed by atoms with Crippen molar-refractivity contribution in [2.24, 2.45) is 0 Å². The van der Waals surface area contributed by atoms with Gasteiger partial charge < -0.3 is 9.64 Å². The number of hydrogen-bond donors (Lipinski definition) is 0. The highest BCUT2D eigenvalue weighted by Crippen LogP contribution is 2.32. The fourth-order valence-electron chi connectivity index (χ4n) is 2.69. The molecule has 0 bridgehead atoms. The van der Waals surface area contributed by atoms with Crippen LogP contribution in [0.25, 0.3) is 11.1 Å². The van der Waals surface area contributed by atoms with E-state index >= 15 is 0 Å². The van der Waals surface area contributed by atoms with E-state index in [1.165, 1.54) is 26.2 Å². The molecule has 1 saturated heterocycles. The average molecular weight is 332 g/mol. The normalized spacial score (nSPS) is 14.6. The summed E-state index contributed by atoms with van der Waals surface area (Å²) < 4.78 is 5.24. The smallest absolute Gasteiger partial charge is 0.308 e. The zero-order chi connectivity index (χ0) is 16.2. The minimum Gasteiger partial charge on any atom is -0.426 e. The maximum atomic E-state index is 11.2. The number of piperidine rings is 1. The number of halogens is 1. The van der Waals surface area contributed by atoms with E-state index in [0.717, 1.165) is 24.6 Å². The third kappa shape index (κ3) is 3.79. The SMILES string of the molecule is CC(=O)Oc1ccc(Cl)cc1-c1cnc(N2CCCCC2)nc1. The molecule has 6 heteroatoms. The third-order valence-electron chi connectivity index (χ3n) is 3.78. The van der Waals surface area contributed by atoms with Crippen molar-refractivity contribution < 1.29 is 9.53 Å². The largest absolute Gasteiger partial charge is 0.426 e. The van der Waals surface area contributed by atoms with E-state index < -0.39 is 0 Å². The predicted molar refractivity (Wildman–Crippen MR) is 89.9 cm³/mol. The van der Waals surface area contributed by atoms with Crippen LogP contribution in [0.3, 0.4) is 0 Å². The van der Waals surface area contributed by atoms with Crippen molar-refractivity contribution in [2.45, 2.75) is 26.2 Å². The van der Waals surface area contributed by atoms with Gasteiger partial charge in [0.15, 0.2) is 0 Å². The molecule has 120 valence electrons. The molecule has 0 aliphatic carbocycles. The van der Waals surface area contributed by atoms with Crippen molar-refractivity contribution in [3.63, 3.8) is 0 Å². The van der Waals surface area contributed by atoms with Gasteiger partial charge in [0.05, 0.1) is 0 Å². The summed E-state index contributed by atoms with van der Waals surface area (Å²) in [6, 6.07) is 5.11. The number of hydrogen-bond acceptors (Lipinski definition) is 5. The van der Waals surface area contributed by atoms with Crippen molar-refractivity contribution in [1.82, 2.24) is 9.97 Å². The Morgan fingerprint density at radius 1 is 1.17 bits per heavy atom. The Bertz CT molecular complexity index is 697. The predicted octanol–water partition coefficient (Wildman–Crippen LogP) is 3.71. The lowest BCUT2D eigenvalue weighted by molar-refractivity contribution is -0.131. The lowest BCUT2D eigenvalue weighted by atomic mass is 10.1. The second-order valence-corrected chi connectivity index (χ2v) is 5.99. The fourth-order valence-corrected chi connectivity index (χ4v) is 2.86. The summed E-state index contributed by atoms with van der Waals surface area (Å²) in [6.45, 7) is 3.36. The third-order valence-corrected chi connectivity index (χ3v) is 4.02. The molecule has 1 aromatic heterocycles. The Balaban J connectivity index is 1.89. The van der Waals surface area contributed by atoms with Crippen LogP contribution in [0.5, 0.6) is 5.75 Å². The number of benzene rings is 1. The lowest BCUT2D eigenvalue weighted by Crippen LogP contribution is -2.30. The van der Waals surface area contributed by atoms with E-state index in [2.05, 4.69) is 14.9 Å². The van der Waals surface area contributed by atoms with Gasteiger partial charge in [-0.25, -0.2) is 9.97 Å². The topological polar surface area (TPSA) is 55.3 Å².